The lowest BCUT2D eigenvalue weighted by molar-refractivity contribution is 0.689. The third kappa shape index (κ3) is 3.15. The molecule has 78 valence electrons. The fourth-order valence-electron chi connectivity index (χ4n) is 1.48. The van der Waals surface area contributed by atoms with Crippen molar-refractivity contribution in [3.63, 3.8) is 0 Å². The molecule has 0 fully saturated rings. The molecule has 0 saturated heterocycles. The molecule has 2 rings (SSSR count). The van der Waals surface area contributed by atoms with Gasteiger partial charge < -0.3 is 5.32 Å². The van der Waals surface area contributed by atoms with Gasteiger partial charge in [-0.05, 0) is 12.5 Å². The van der Waals surface area contributed by atoms with Crippen LogP contribution >= 0.6 is 11.3 Å². The fourth-order valence-corrected chi connectivity index (χ4v) is 2.06. The second-order valence-corrected chi connectivity index (χ2v) is 4.50. The van der Waals surface area contributed by atoms with Crippen molar-refractivity contribution >= 4 is 11.3 Å². The van der Waals surface area contributed by atoms with Gasteiger partial charge in [-0.2, -0.15) is 0 Å². The van der Waals surface area contributed by atoms with Gasteiger partial charge >= 0.3 is 0 Å². The Balaban J connectivity index is 1.83. The van der Waals surface area contributed by atoms with Gasteiger partial charge in [0.2, 0.25) is 0 Å². The fraction of sp³-hybridized carbons (Fsp3) is 0.250. The van der Waals surface area contributed by atoms with Crippen LogP contribution in [0.5, 0.6) is 0 Å². The minimum atomic E-state index is 0.853. The smallest absolute Gasteiger partial charge is 0.106 e. The standard InChI is InChI=1S/C12H14N2S/c1-10-3-2-4-11(7-10)8-13-9-12-14-5-6-15-12/h2-7,13H,8-9H2,1H3. The van der Waals surface area contributed by atoms with Gasteiger partial charge in [-0.3, -0.25) is 0 Å². The van der Waals surface area contributed by atoms with E-state index in [4.69, 9.17) is 0 Å². The summed E-state index contributed by atoms with van der Waals surface area (Å²) in [6.45, 7) is 3.87. The molecule has 0 unspecified atom stereocenters. The minimum absolute atomic E-state index is 0.853. The summed E-state index contributed by atoms with van der Waals surface area (Å²) in [4.78, 5) is 4.22. The Labute approximate surface area is 94.0 Å². The van der Waals surface area contributed by atoms with Crippen LogP contribution in [0.3, 0.4) is 0 Å². The van der Waals surface area contributed by atoms with E-state index < -0.39 is 0 Å². The highest BCUT2D eigenvalue weighted by Crippen LogP contribution is 2.05. The SMILES string of the molecule is Cc1cccc(CNCc2nccs2)c1. The van der Waals surface area contributed by atoms with Crippen LogP contribution < -0.4 is 5.32 Å². The summed E-state index contributed by atoms with van der Waals surface area (Å²) in [5.74, 6) is 0. The van der Waals surface area contributed by atoms with Crippen molar-refractivity contribution in [2.45, 2.75) is 20.0 Å². The molecule has 0 aliphatic heterocycles. The first kappa shape index (κ1) is 10.3. The molecule has 1 aromatic heterocycles. The quantitative estimate of drug-likeness (QED) is 0.853. The number of rotatable bonds is 4. The molecule has 2 nitrogen and oxygen atoms in total. The Morgan fingerprint density at radius 2 is 2.27 bits per heavy atom. The highest BCUT2D eigenvalue weighted by Gasteiger charge is 1.95. The first-order chi connectivity index (χ1) is 7.34. The van der Waals surface area contributed by atoms with Gasteiger partial charge in [0.25, 0.3) is 0 Å². The third-order valence-electron chi connectivity index (χ3n) is 2.17. The lowest BCUT2D eigenvalue weighted by atomic mass is 10.1. The largest absolute Gasteiger partial charge is 0.306 e. The second-order valence-electron chi connectivity index (χ2n) is 3.52. The normalized spacial score (nSPS) is 10.5. The molecule has 0 saturated carbocycles. The van der Waals surface area contributed by atoms with Crippen LogP contribution in [0.15, 0.2) is 35.8 Å². The Kier molecular flexibility index (Phi) is 3.48. The number of benzene rings is 1. The monoisotopic (exact) mass is 218 g/mol. The molecule has 0 aliphatic carbocycles. The lowest BCUT2D eigenvalue weighted by Crippen LogP contribution is -2.12. The average Bonchev–Trinajstić information content (AvgIpc) is 2.71. The summed E-state index contributed by atoms with van der Waals surface area (Å²) >= 11 is 1.69. The molecule has 0 aliphatic rings. The Morgan fingerprint density at radius 1 is 1.33 bits per heavy atom. The van der Waals surface area contributed by atoms with Crippen molar-refractivity contribution in [3.8, 4) is 0 Å². The number of hydrogen-bond donors (Lipinski definition) is 1. The van der Waals surface area contributed by atoms with Crippen LogP contribution in [-0.2, 0) is 13.1 Å². The molecule has 0 radical (unpaired) electrons. The van der Waals surface area contributed by atoms with E-state index in [1.54, 1.807) is 11.3 Å². The average molecular weight is 218 g/mol. The van der Waals surface area contributed by atoms with Crippen LogP contribution in [0, 0.1) is 6.92 Å². The van der Waals surface area contributed by atoms with E-state index in [9.17, 15) is 0 Å². The van der Waals surface area contributed by atoms with E-state index >= 15 is 0 Å². The van der Waals surface area contributed by atoms with Crippen molar-refractivity contribution in [2.75, 3.05) is 0 Å². The minimum Gasteiger partial charge on any atom is -0.306 e. The van der Waals surface area contributed by atoms with Gasteiger partial charge in [-0.15, -0.1) is 11.3 Å². The van der Waals surface area contributed by atoms with Gasteiger partial charge in [0.05, 0.1) is 0 Å². The number of hydrogen-bond acceptors (Lipinski definition) is 3. The number of thiazole rings is 1. The molecule has 2 aromatic rings. The maximum absolute atomic E-state index is 4.22. The van der Waals surface area contributed by atoms with Crippen LogP contribution in [0.1, 0.15) is 16.1 Å². The molecule has 0 bridgehead atoms. The van der Waals surface area contributed by atoms with E-state index in [1.807, 2.05) is 11.6 Å². The van der Waals surface area contributed by atoms with E-state index in [0.29, 0.717) is 0 Å². The molecule has 0 amide bonds. The molecular formula is C12H14N2S. The zero-order valence-electron chi connectivity index (χ0n) is 8.73. The van der Waals surface area contributed by atoms with Crippen molar-refractivity contribution in [2.24, 2.45) is 0 Å². The highest BCUT2D eigenvalue weighted by molar-refractivity contribution is 7.09. The highest BCUT2D eigenvalue weighted by atomic mass is 32.1. The van der Waals surface area contributed by atoms with Crippen LogP contribution in [0.2, 0.25) is 0 Å². The molecule has 1 N–H and O–H groups in total. The maximum Gasteiger partial charge on any atom is 0.106 e. The van der Waals surface area contributed by atoms with Gasteiger partial charge in [0.15, 0.2) is 0 Å². The molecule has 1 heterocycles. The number of nitrogens with zero attached hydrogens (tertiary/aromatic N) is 1. The third-order valence-corrected chi connectivity index (χ3v) is 2.95. The maximum atomic E-state index is 4.22. The summed E-state index contributed by atoms with van der Waals surface area (Å²) in [6, 6.07) is 8.55. The summed E-state index contributed by atoms with van der Waals surface area (Å²) < 4.78 is 0. The van der Waals surface area contributed by atoms with Gasteiger partial charge in [-0.25, -0.2) is 4.98 Å². The van der Waals surface area contributed by atoms with Gasteiger partial charge in [-0.1, -0.05) is 29.8 Å². The van der Waals surface area contributed by atoms with Crippen molar-refractivity contribution < 1.29 is 0 Å². The first-order valence-corrected chi connectivity index (χ1v) is 5.87. The zero-order chi connectivity index (χ0) is 10.5. The van der Waals surface area contributed by atoms with E-state index in [-0.39, 0.29) is 0 Å². The Bertz CT molecular complexity index is 409. The Morgan fingerprint density at radius 3 is 3.00 bits per heavy atom. The number of nitrogens with one attached hydrogen (secondary N) is 1. The first-order valence-electron chi connectivity index (χ1n) is 4.99. The van der Waals surface area contributed by atoms with Crippen molar-refractivity contribution in [1.29, 1.82) is 0 Å². The van der Waals surface area contributed by atoms with Crippen molar-refractivity contribution in [3.05, 3.63) is 52.0 Å². The predicted molar refractivity (Wildman–Crippen MR) is 63.8 cm³/mol. The van der Waals surface area contributed by atoms with E-state index in [0.717, 1.165) is 18.1 Å². The number of aryl methyl sites for hydroxylation is 1. The zero-order valence-corrected chi connectivity index (χ0v) is 9.55. The summed E-state index contributed by atoms with van der Waals surface area (Å²) in [5, 5.41) is 6.52. The summed E-state index contributed by atoms with van der Waals surface area (Å²) in [6.07, 6.45) is 1.84. The second kappa shape index (κ2) is 5.05. The van der Waals surface area contributed by atoms with E-state index in [1.165, 1.54) is 11.1 Å². The van der Waals surface area contributed by atoms with E-state index in [2.05, 4.69) is 41.5 Å². The molecule has 0 atom stereocenters. The lowest BCUT2D eigenvalue weighted by Gasteiger charge is -2.03. The molecule has 15 heavy (non-hydrogen) atoms. The Hall–Kier alpha value is -1.19. The predicted octanol–water partition coefficient (Wildman–Crippen LogP) is 2.74. The summed E-state index contributed by atoms with van der Waals surface area (Å²) in [7, 11) is 0. The summed E-state index contributed by atoms with van der Waals surface area (Å²) in [5.41, 5.74) is 2.63. The van der Waals surface area contributed by atoms with Crippen LogP contribution in [0.4, 0.5) is 0 Å². The molecule has 0 spiro atoms. The van der Waals surface area contributed by atoms with Crippen molar-refractivity contribution in [1.82, 2.24) is 10.3 Å². The van der Waals surface area contributed by atoms with Gasteiger partial charge in [0.1, 0.15) is 5.01 Å². The number of aromatic nitrogens is 1. The topological polar surface area (TPSA) is 24.9 Å². The molecule has 3 heteroatoms. The van der Waals surface area contributed by atoms with Crippen LogP contribution in [0.25, 0.3) is 0 Å². The van der Waals surface area contributed by atoms with Gasteiger partial charge in [0, 0.05) is 24.7 Å². The molecule has 1 aromatic carbocycles. The van der Waals surface area contributed by atoms with Crippen LogP contribution in [-0.4, -0.2) is 4.98 Å². The molecular weight excluding hydrogens is 204 g/mol.